The Labute approximate surface area is 166 Å². The second-order valence-electron chi connectivity index (χ2n) is 6.47. The van der Waals surface area contributed by atoms with Gasteiger partial charge in [-0.1, -0.05) is 28.1 Å². The molecule has 1 heterocycles. The van der Waals surface area contributed by atoms with Crippen molar-refractivity contribution in [3.05, 3.63) is 62.5 Å². The Morgan fingerprint density at radius 2 is 1.86 bits per heavy atom. The van der Waals surface area contributed by atoms with E-state index in [1.54, 1.807) is 29.6 Å². The number of halogens is 4. The van der Waals surface area contributed by atoms with Crippen LogP contribution in [0, 0.1) is 13.8 Å². The van der Waals surface area contributed by atoms with Gasteiger partial charge in [-0.15, -0.1) is 0 Å². The number of hydrogen-bond donors (Lipinski definition) is 1. The second-order valence-corrected chi connectivity index (χ2v) is 7.39. The lowest BCUT2D eigenvalue weighted by Crippen LogP contribution is -2.38. The number of hydrogen-bond acceptors (Lipinski definition) is 2. The van der Waals surface area contributed by atoms with Crippen molar-refractivity contribution in [2.75, 3.05) is 6.54 Å². The fourth-order valence-electron chi connectivity index (χ4n) is 3.12. The molecular weight excluding hydrogens is 439 g/mol. The topological polar surface area (TPSA) is 56.0 Å². The highest BCUT2D eigenvalue weighted by Gasteiger charge is 2.28. The van der Waals surface area contributed by atoms with Gasteiger partial charge in [-0.2, -0.15) is 13.2 Å². The van der Waals surface area contributed by atoms with Crippen LogP contribution in [-0.4, -0.2) is 27.8 Å². The van der Waals surface area contributed by atoms with E-state index in [-0.39, 0.29) is 0 Å². The standard InChI is InChI=1S/C19H17BrF3N3O2/c1-11-4-3-5-15-17(11)26(14-7-6-13(20)8-12(14)2)18(28)25(15)9-16(27)24-10-19(21,22)23/h3-8H,9-10H2,1-2H3,(H,24,27). The number of aryl methyl sites for hydroxylation is 2. The summed E-state index contributed by atoms with van der Waals surface area (Å²) >= 11 is 3.39. The molecular formula is C19H17BrF3N3O2. The third kappa shape index (κ3) is 3.99. The van der Waals surface area contributed by atoms with Gasteiger partial charge >= 0.3 is 11.9 Å². The van der Waals surface area contributed by atoms with E-state index in [0.29, 0.717) is 16.7 Å². The Kier molecular flexibility index (Phi) is 5.38. The molecule has 0 aliphatic heterocycles. The van der Waals surface area contributed by atoms with E-state index < -0.39 is 30.9 Å². The number of rotatable bonds is 4. The zero-order chi connectivity index (χ0) is 20.6. The minimum absolute atomic E-state index is 0.481. The largest absolute Gasteiger partial charge is 0.405 e. The third-order valence-electron chi connectivity index (χ3n) is 4.34. The van der Waals surface area contributed by atoms with Crippen molar-refractivity contribution in [3.63, 3.8) is 0 Å². The molecule has 0 saturated heterocycles. The van der Waals surface area contributed by atoms with Crippen LogP contribution in [0.5, 0.6) is 0 Å². The molecule has 1 amide bonds. The molecule has 2 aromatic carbocycles. The molecule has 0 spiro atoms. The van der Waals surface area contributed by atoms with E-state index in [1.807, 2.05) is 26.0 Å². The number of alkyl halides is 3. The first-order valence-electron chi connectivity index (χ1n) is 8.39. The van der Waals surface area contributed by atoms with Crippen LogP contribution in [0.25, 0.3) is 16.7 Å². The smallest absolute Gasteiger partial charge is 0.345 e. The quantitative estimate of drug-likeness (QED) is 0.649. The van der Waals surface area contributed by atoms with E-state index in [9.17, 15) is 22.8 Å². The molecule has 3 rings (SSSR count). The second kappa shape index (κ2) is 7.46. The van der Waals surface area contributed by atoms with Gasteiger partial charge < -0.3 is 5.32 Å². The van der Waals surface area contributed by atoms with Crippen molar-refractivity contribution in [1.29, 1.82) is 0 Å². The van der Waals surface area contributed by atoms with Gasteiger partial charge in [-0.05, 0) is 49.2 Å². The van der Waals surface area contributed by atoms with Crippen molar-refractivity contribution in [2.45, 2.75) is 26.6 Å². The highest BCUT2D eigenvalue weighted by atomic mass is 79.9. The molecule has 0 saturated carbocycles. The summed E-state index contributed by atoms with van der Waals surface area (Å²) in [6.07, 6.45) is -4.51. The fourth-order valence-corrected chi connectivity index (χ4v) is 3.59. The SMILES string of the molecule is Cc1cc(Br)ccc1-n1c(=O)n(CC(=O)NCC(F)(F)F)c2cccc(C)c21. The molecule has 0 unspecified atom stereocenters. The third-order valence-corrected chi connectivity index (χ3v) is 4.83. The predicted octanol–water partition coefficient (Wildman–Crippen LogP) is 3.85. The average Bonchev–Trinajstić information content (AvgIpc) is 2.86. The highest BCUT2D eigenvalue weighted by Crippen LogP contribution is 2.25. The van der Waals surface area contributed by atoms with Gasteiger partial charge in [0.05, 0.1) is 16.7 Å². The van der Waals surface area contributed by atoms with Crippen LogP contribution in [0.4, 0.5) is 13.2 Å². The summed E-state index contributed by atoms with van der Waals surface area (Å²) in [5.41, 5.74) is 2.89. The molecule has 0 aliphatic rings. The number of para-hydroxylation sites is 1. The summed E-state index contributed by atoms with van der Waals surface area (Å²) in [4.78, 5) is 25.1. The van der Waals surface area contributed by atoms with Gasteiger partial charge in [-0.3, -0.25) is 13.9 Å². The number of carbonyl (C=O) groups is 1. The summed E-state index contributed by atoms with van der Waals surface area (Å²) in [5, 5.41) is 1.81. The highest BCUT2D eigenvalue weighted by molar-refractivity contribution is 9.10. The Hall–Kier alpha value is -2.55. The maximum absolute atomic E-state index is 13.1. The molecule has 0 bridgehead atoms. The summed E-state index contributed by atoms with van der Waals surface area (Å²) in [7, 11) is 0. The Morgan fingerprint density at radius 1 is 1.14 bits per heavy atom. The molecule has 0 fully saturated rings. The van der Waals surface area contributed by atoms with E-state index in [2.05, 4.69) is 15.9 Å². The maximum atomic E-state index is 13.1. The summed E-state index contributed by atoms with van der Waals surface area (Å²) < 4.78 is 40.6. The number of benzene rings is 2. The number of carbonyl (C=O) groups excluding carboxylic acids is 1. The Balaban J connectivity index is 2.13. The number of aromatic nitrogens is 2. The summed E-state index contributed by atoms with van der Waals surface area (Å²) in [6, 6.07) is 10.7. The molecule has 1 N–H and O–H groups in total. The van der Waals surface area contributed by atoms with Gasteiger partial charge in [0, 0.05) is 4.47 Å². The lowest BCUT2D eigenvalue weighted by Gasteiger charge is -2.09. The van der Waals surface area contributed by atoms with Crippen LogP contribution in [0.15, 0.2) is 45.7 Å². The van der Waals surface area contributed by atoms with Crippen molar-refractivity contribution < 1.29 is 18.0 Å². The van der Waals surface area contributed by atoms with Gasteiger partial charge in [0.2, 0.25) is 5.91 Å². The maximum Gasteiger partial charge on any atom is 0.405 e. The predicted molar refractivity (Wildman–Crippen MR) is 104 cm³/mol. The Morgan fingerprint density at radius 3 is 2.50 bits per heavy atom. The Bertz CT molecular complexity index is 1120. The molecule has 1 aromatic heterocycles. The average molecular weight is 456 g/mol. The monoisotopic (exact) mass is 455 g/mol. The van der Waals surface area contributed by atoms with Gasteiger partial charge in [0.15, 0.2) is 0 Å². The summed E-state index contributed by atoms with van der Waals surface area (Å²) in [5.74, 6) is -0.882. The van der Waals surface area contributed by atoms with Crippen LogP contribution >= 0.6 is 15.9 Å². The zero-order valence-corrected chi connectivity index (χ0v) is 16.7. The first kappa shape index (κ1) is 20.2. The molecule has 148 valence electrons. The molecule has 9 heteroatoms. The first-order valence-corrected chi connectivity index (χ1v) is 9.18. The van der Waals surface area contributed by atoms with E-state index >= 15 is 0 Å². The molecule has 5 nitrogen and oxygen atoms in total. The van der Waals surface area contributed by atoms with Crippen molar-refractivity contribution in [3.8, 4) is 5.69 Å². The summed E-state index contributed by atoms with van der Waals surface area (Å²) in [6.45, 7) is 1.74. The zero-order valence-electron chi connectivity index (χ0n) is 15.1. The van der Waals surface area contributed by atoms with Crippen molar-refractivity contribution >= 4 is 32.9 Å². The number of nitrogens with zero attached hydrogens (tertiary/aromatic N) is 2. The van der Waals surface area contributed by atoms with Crippen LogP contribution in [0.3, 0.4) is 0 Å². The van der Waals surface area contributed by atoms with Gasteiger partial charge in [0.1, 0.15) is 13.1 Å². The van der Waals surface area contributed by atoms with Gasteiger partial charge in [0.25, 0.3) is 0 Å². The van der Waals surface area contributed by atoms with Crippen LogP contribution in [0.2, 0.25) is 0 Å². The fraction of sp³-hybridized carbons (Fsp3) is 0.263. The lowest BCUT2D eigenvalue weighted by molar-refractivity contribution is -0.138. The molecule has 0 radical (unpaired) electrons. The minimum atomic E-state index is -4.51. The molecule has 3 aromatic rings. The van der Waals surface area contributed by atoms with Gasteiger partial charge in [-0.25, -0.2) is 4.79 Å². The van der Waals surface area contributed by atoms with Crippen LogP contribution in [-0.2, 0) is 11.3 Å². The number of fused-ring (bicyclic) bond motifs is 1. The normalized spacial score (nSPS) is 11.8. The van der Waals surface area contributed by atoms with Crippen LogP contribution < -0.4 is 11.0 Å². The number of imidazole rings is 1. The van der Waals surface area contributed by atoms with E-state index in [0.717, 1.165) is 15.6 Å². The molecule has 28 heavy (non-hydrogen) atoms. The molecule has 0 atom stereocenters. The van der Waals surface area contributed by atoms with E-state index in [4.69, 9.17) is 0 Å². The number of nitrogens with one attached hydrogen (secondary N) is 1. The van der Waals surface area contributed by atoms with Crippen molar-refractivity contribution in [2.24, 2.45) is 0 Å². The minimum Gasteiger partial charge on any atom is -0.345 e. The number of amides is 1. The first-order chi connectivity index (χ1) is 13.1. The lowest BCUT2D eigenvalue weighted by atomic mass is 10.1. The van der Waals surface area contributed by atoms with Crippen LogP contribution in [0.1, 0.15) is 11.1 Å². The molecule has 0 aliphatic carbocycles. The van der Waals surface area contributed by atoms with E-state index in [1.165, 1.54) is 9.13 Å². The van der Waals surface area contributed by atoms with Crippen molar-refractivity contribution in [1.82, 2.24) is 14.5 Å².